The first-order chi connectivity index (χ1) is 9.99. The van der Waals surface area contributed by atoms with Crippen molar-refractivity contribution in [3.63, 3.8) is 0 Å². The van der Waals surface area contributed by atoms with E-state index in [0.717, 1.165) is 19.3 Å². The van der Waals surface area contributed by atoms with Gasteiger partial charge in [0.1, 0.15) is 0 Å². The third-order valence-electron chi connectivity index (χ3n) is 3.95. The van der Waals surface area contributed by atoms with Gasteiger partial charge in [-0.2, -0.15) is 12.7 Å². The Hall–Kier alpha value is -0.950. The molecule has 1 aromatic carbocycles. The van der Waals surface area contributed by atoms with Crippen LogP contribution in [0.2, 0.25) is 0 Å². The molecule has 1 atom stereocenters. The van der Waals surface area contributed by atoms with Crippen molar-refractivity contribution in [1.82, 2.24) is 13.9 Å². The highest BCUT2D eigenvalue weighted by molar-refractivity contribution is 7.87. The number of hydrogen-bond donors (Lipinski definition) is 1. The average Bonchev–Trinajstić information content (AvgIpc) is 2.99. The molecule has 0 spiro atoms. The predicted molar refractivity (Wildman–Crippen MR) is 85.4 cm³/mol. The van der Waals surface area contributed by atoms with Gasteiger partial charge in [0, 0.05) is 25.7 Å². The van der Waals surface area contributed by atoms with Gasteiger partial charge in [-0.1, -0.05) is 30.3 Å². The Balaban J connectivity index is 1.94. The summed E-state index contributed by atoms with van der Waals surface area (Å²) in [5.74, 6) is 0. The van der Waals surface area contributed by atoms with Crippen LogP contribution in [0.4, 0.5) is 0 Å². The summed E-state index contributed by atoms with van der Waals surface area (Å²) in [6.07, 6.45) is 2.75. The standard InChI is InChI=1S/C15H25N3O2S/c1-17(2)15(12-14-8-4-3-5-9-14)13-16-21(19,20)18-10-6-7-11-18/h3-5,8-9,15-16H,6-7,10-13H2,1-2H3. The van der Waals surface area contributed by atoms with Crippen molar-refractivity contribution in [2.75, 3.05) is 33.7 Å². The van der Waals surface area contributed by atoms with E-state index in [1.165, 1.54) is 5.56 Å². The molecule has 0 aromatic heterocycles. The first-order valence-corrected chi connectivity index (χ1v) is 8.88. The SMILES string of the molecule is CN(C)C(CNS(=O)(=O)N1CCCC1)Cc1ccccc1. The fourth-order valence-electron chi connectivity index (χ4n) is 2.54. The van der Waals surface area contributed by atoms with Crippen LogP contribution in [-0.2, 0) is 16.6 Å². The summed E-state index contributed by atoms with van der Waals surface area (Å²) in [4.78, 5) is 2.07. The minimum absolute atomic E-state index is 0.143. The molecule has 118 valence electrons. The fourth-order valence-corrected chi connectivity index (χ4v) is 3.87. The molecule has 1 unspecified atom stereocenters. The van der Waals surface area contributed by atoms with Crippen LogP contribution in [0.3, 0.4) is 0 Å². The fraction of sp³-hybridized carbons (Fsp3) is 0.600. The second-order valence-corrected chi connectivity index (χ2v) is 7.52. The first-order valence-electron chi connectivity index (χ1n) is 7.44. The zero-order valence-corrected chi connectivity index (χ0v) is 13.6. The molecular weight excluding hydrogens is 286 g/mol. The predicted octanol–water partition coefficient (Wildman–Crippen LogP) is 1.09. The van der Waals surface area contributed by atoms with Gasteiger partial charge in [-0.05, 0) is 38.9 Å². The van der Waals surface area contributed by atoms with Crippen molar-refractivity contribution < 1.29 is 8.42 Å². The number of rotatable bonds is 7. The van der Waals surface area contributed by atoms with E-state index in [4.69, 9.17) is 0 Å². The molecule has 0 bridgehead atoms. The highest BCUT2D eigenvalue weighted by atomic mass is 32.2. The summed E-state index contributed by atoms with van der Waals surface area (Å²) < 4.78 is 28.7. The molecule has 1 heterocycles. The van der Waals surface area contributed by atoms with E-state index in [1.54, 1.807) is 4.31 Å². The number of nitrogens with one attached hydrogen (secondary N) is 1. The molecule has 1 aliphatic rings. The molecule has 0 radical (unpaired) electrons. The second-order valence-electron chi connectivity index (χ2n) is 5.77. The molecule has 0 aliphatic carbocycles. The lowest BCUT2D eigenvalue weighted by atomic mass is 10.1. The Kier molecular flexibility index (Phi) is 5.75. The van der Waals surface area contributed by atoms with Crippen LogP contribution in [0.5, 0.6) is 0 Å². The van der Waals surface area contributed by atoms with Gasteiger partial charge in [0.25, 0.3) is 10.2 Å². The molecule has 0 saturated carbocycles. The normalized spacial score (nSPS) is 18.2. The Labute approximate surface area is 128 Å². The van der Waals surface area contributed by atoms with Gasteiger partial charge in [0.05, 0.1) is 0 Å². The number of hydrogen-bond acceptors (Lipinski definition) is 3. The second kappa shape index (κ2) is 7.35. The molecule has 1 N–H and O–H groups in total. The van der Waals surface area contributed by atoms with Crippen LogP contribution in [0.1, 0.15) is 18.4 Å². The van der Waals surface area contributed by atoms with Crippen LogP contribution >= 0.6 is 0 Å². The molecule has 2 rings (SSSR count). The molecule has 21 heavy (non-hydrogen) atoms. The molecular formula is C15H25N3O2S. The van der Waals surface area contributed by atoms with Crippen LogP contribution in [0.25, 0.3) is 0 Å². The largest absolute Gasteiger partial charge is 0.305 e. The average molecular weight is 311 g/mol. The van der Waals surface area contributed by atoms with Crippen molar-refractivity contribution in [2.45, 2.75) is 25.3 Å². The van der Waals surface area contributed by atoms with Gasteiger partial charge in [-0.3, -0.25) is 0 Å². The van der Waals surface area contributed by atoms with Crippen molar-refractivity contribution >= 4 is 10.2 Å². The van der Waals surface area contributed by atoms with E-state index in [1.807, 2.05) is 32.3 Å². The lowest BCUT2D eigenvalue weighted by molar-refractivity contribution is 0.290. The van der Waals surface area contributed by atoms with Crippen LogP contribution in [0.15, 0.2) is 30.3 Å². The maximum absolute atomic E-state index is 12.2. The van der Waals surface area contributed by atoms with Crippen LogP contribution in [-0.4, -0.2) is 57.4 Å². The Morgan fingerprint density at radius 3 is 2.38 bits per heavy atom. The highest BCUT2D eigenvalue weighted by Crippen LogP contribution is 2.12. The third kappa shape index (κ3) is 4.78. The quantitative estimate of drug-likeness (QED) is 0.820. The summed E-state index contributed by atoms with van der Waals surface area (Å²) in [7, 11) is 0.644. The molecule has 1 fully saturated rings. The summed E-state index contributed by atoms with van der Waals surface area (Å²) in [5, 5.41) is 0. The van der Waals surface area contributed by atoms with E-state index in [2.05, 4.69) is 21.8 Å². The summed E-state index contributed by atoms with van der Waals surface area (Å²) in [6.45, 7) is 1.71. The summed E-state index contributed by atoms with van der Waals surface area (Å²) in [5.41, 5.74) is 1.22. The van der Waals surface area contributed by atoms with Gasteiger partial charge in [0.15, 0.2) is 0 Å². The summed E-state index contributed by atoms with van der Waals surface area (Å²) >= 11 is 0. The lowest BCUT2D eigenvalue weighted by Gasteiger charge is -2.26. The minimum atomic E-state index is -3.32. The zero-order valence-electron chi connectivity index (χ0n) is 12.8. The van der Waals surface area contributed by atoms with Gasteiger partial charge in [0.2, 0.25) is 0 Å². The molecule has 0 amide bonds. The maximum Gasteiger partial charge on any atom is 0.279 e. The van der Waals surface area contributed by atoms with Gasteiger partial charge >= 0.3 is 0 Å². The van der Waals surface area contributed by atoms with E-state index in [0.29, 0.717) is 19.6 Å². The number of nitrogens with zero attached hydrogens (tertiary/aromatic N) is 2. The Morgan fingerprint density at radius 2 is 1.81 bits per heavy atom. The minimum Gasteiger partial charge on any atom is -0.305 e. The smallest absolute Gasteiger partial charge is 0.279 e. The van der Waals surface area contributed by atoms with Crippen molar-refractivity contribution in [2.24, 2.45) is 0 Å². The van der Waals surface area contributed by atoms with Gasteiger partial charge in [-0.15, -0.1) is 0 Å². The first kappa shape index (κ1) is 16.4. The van der Waals surface area contributed by atoms with Crippen molar-refractivity contribution in [3.05, 3.63) is 35.9 Å². The van der Waals surface area contributed by atoms with E-state index >= 15 is 0 Å². The van der Waals surface area contributed by atoms with Crippen molar-refractivity contribution in [1.29, 1.82) is 0 Å². The molecule has 1 saturated heterocycles. The number of likely N-dealkylation sites (N-methyl/N-ethyl adjacent to an activating group) is 1. The van der Waals surface area contributed by atoms with Crippen LogP contribution in [0, 0.1) is 0 Å². The Morgan fingerprint density at radius 1 is 1.19 bits per heavy atom. The van der Waals surface area contributed by atoms with Gasteiger partial charge < -0.3 is 4.90 Å². The van der Waals surface area contributed by atoms with E-state index in [9.17, 15) is 8.42 Å². The van der Waals surface area contributed by atoms with E-state index < -0.39 is 10.2 Å². The summed E-state index contributed by atoms with van der Waals surface area (Å²) in [6, 6.07) is 10.3. The molecule has 5 nitrogen and oxygen atoms in total. The molecule has 1 aliphatic heterocycles. The highest BCUT2D eigenvalue weighted by Gasteiger charge is 2.26. The zero-order chi connectivity index (χ0) is 15.3. The Bertz CT molecular complexity index is 525. The third-order valence-corrected chi connectivity index (χ3v) is 5.53. The van der Waals surface area contributed by atoms with Crippen molar-refractivity contribution in [3.8, 4) is 0 Å². The van der Waals surface area contributed by atoms with E-state index in [-0.39, 0.29) is 6.04 Å². The topological polar surface area (TPSA) is 52.7 Å². The maximum atomic E-state index is 12.2. The van der Waals surface area contributed by atoms with Crippen LogP contribution < -0.4 is 4.72 Å². The molecule has 6 heteroatoms. The van der Waals surface area contributed by atoms with Gasteiger partial charge in [-0.25, -0.2) is 4.72 Å². The number of benzene rings is 1. The lowest BCUT2D eigenvalue weighted by Crippen LogP contribution is -2.46. The molecule has 1 aromatic rings. The monoisotopic (exact) mass is 311 g/mol.